The lowest BCUT2D eigenvalue weighted by molar-refractivity contribution is 2.20. The second-order valence-corrected chi connectivity index (χ2v) is 62.6. The molecule has 0 saturated carbocycles. The van der Waals surface area contributed by atoms with E-state index in [1.165, 1.54) is 0 Å². The maximum atomic E-state index is 5.28. The van der Waals surface area contributed by atoms with Crippen molar-refractivity contribution >= 4 is 105 Å². The molecule has 0 atom stereocenters. The van der Waals surface area contributed by atoms with Crippen molar-refractivity contribution in [3.05, 3.63) is 0 Å². The van der Waals surface area contributed by atoms with Gasteiger partial charge in [-0.1, -0.05) is 70.8 Å². The van der Waals surface area contributed by atoms with E-state index in [0.29, 0.717) is 0 Å². The fraction of sp³-hybridized carbons (Fsp3) is 1.00. The lowest BCUT2D eigenvalue weighted by atomic mass is 11.9. The quantitative estimate of drug-likeness (QED) is 0.336. The summed E-state index contributed by atoms with van der Waals surface area (Å²) < 4.78 is 0. The van der Waals surface area contributed by atoms with Gasteiger partial charge in [0.05, 0.1) is 0 Å². The molecule has 0 heterocycles. The van der Waals surface area contributed by atoms with Crippen LogP contribution in [-0.4, -0.2) is 80.0 Å². The minimum absolute atomic E-state index is 1.09. The minimum Gasteiger partial charge on any atom is -0.0925 e. The Balaban J connectivity index is -0.000000276. The fourth-order valence-corrected chi connectivity index (χ4v) is 0. The molecule has 12 heteroatoms. The molecule has 0 aromatic heterocycles. The highest BCUT2D eigenvalue weighted by molar-refractivity contribution is 8.66. The van der Waals surface area contributed by atoms with Gasteiger partial charge in [-0.05, 0) is 114 Å². The standard InChI is InChI=1S/3C4H12P2S2/c3*1-5(2,7)6(3,4)8/h3*1-4H3. The summed E-state index contributed by atoms with van der Waals surface area (Å²) in [4.78, 5) is 0. The zero-order valence-electron chi connectivity index (χ0n) is 17.1. The van der Waals surface area contributed by atoms with Gasteiger partial charge in [0.25, 0.3) is 0 Å². The molecular weight excluding hydrogens is 522 g/mol. The first-order chi connectivity index (χ1) is 9.75. The van der Waals surface area contributed by atoms with E-state index in [2.05, 4.69) is 80.0 Å². The van der Waals surface area contributed by atoms with Crippen molar-refractivity contribution in [1.82, 2.24) is 0 Å². The van der Waals surface area contributed by atoms with Crippen molar-refractivity contribution in [2.45, 2.75) is 0 Å². The number of rotatable bonds is 3. The second-order valence-electron chi connectivity index (χ2n) is 7.76. The van der Waals surface area contributed by atoms with Crippen LogP contribution in [0.15, 0.2) is 0 Å². The van der Waals surface area contributed by atoms with Gasteiger partial charge in [-0.25, -0.2) is 0 Å². The van der Waals surface area contributed by atoms with Crippen molar-refractivity contribution in [3.8, 4) is 0 Å². The second kappa shape index (κ2) is 11.3. The Hall–Kier alpha value is 3.90. The van der Waals surface area contributed by atoms with Crippen LogP contribution in [-0.2, 0) is 70.8 Å². The number of hydrogen-bond acceptors (Lipinski definition) is 6. The smallest absolute Gasteiger partial charge is 0.0193 e. The average Bonchev–Trinajstić information content (AvgIpc) is 2.08. The van der Waals surface area contributed by atoms with Gasteiger partial charge in [0, 0.05) is 0 Å². The highest BCUT2D eigenvalue weighted by Crippen LogP contribution is 2.74. The van der Waals surface area contributed by atoms with Crippen molar-refractivity contribution in [3.63, 3.8) is 0 Å². The van der Waals surface area contributed by atoms with E-state index in [0.717, 1.165) is 0 Å². The molecule has 0 nitrogen and oxygen atoms in total. The Morgan fingerprint density at radius 3 is 0.292 bits per heavy atom. The van der Waals surface area contributed by atoms with Crippen LogP contribution in [0.5, 0.6) is 0 Å². The summed E-state index contributed by atoms with van der Waals surface area (Å²) in [5, 5.41) is 0. The molecule has 0 fully saturated rings. The largest absolute Gasteiger partial charge is 0.0925 e. The van der Waals surface area contributed by atoms with Crippen LogP contribution >= 0.6 is 34.4 Å². The van der Waals surface area contributed by atoms with Gasteiger partial charge >= 0.3 is 0 Å². The lowest BCUT2D eigenvalue weighted by Gasteiger charge is -2.18. The first-order valence-corrected chi connectivity index (χ1v) is 31.4. The van der Waals surface area contributed by atoms with Crippen LogP contribution < -0.4 is 0 Å². The van der Waals surface area contributed by atoms with Crippen molar-refractivity contribution in [2.75, 3.05) is 80.0 Å². The van der Waals surface area contributed by atoms with Crippen molar-refractivity contribution < 1.29 is 0 Å². The summed E-state index contributed by atoms with van der Waals surface area (Å²) in [5.74, 6) is 0. The highest BCUT2D eigenvalue weighted by Gasteiger charge is 2.15. The summed E-state index contributed by atoms with van der Waals surface area (Å²) in [6.07, 6.45) is 0. The molecule has 0 rings (SSSR count). The van der Waals surface area contributed by atoms with E-state index in [4.69, 9.17) is 70.8 Å². The van der Waals surface area contributed by atoms with Crippen molar-refractivity contribution in [1.29, 1.82) is 0 Å². The predicted molar refractivity (Wildman–Crippen MR) is 157 cm³/mol. The maximum absolute atomic E-state index is 5.28. The Kier molecular flexibility index (Phi) is 15.4. The summed E-state index contributed by atoms with van der Waals surface area (Å²) in [6.45, 7) is 25.7. The Labute approximate surface area is 183 Å². The van der Waals surface area contributed by atoms with Crippen LogP contribution in [0.2, 0.25) is 0 Å². The summed E-state index contributed by atoms with van der Waals surface area (Å²) in [6, 6.07) is 0. The average molecular weight is 559 g/mol. The van der Waals surface area contributed by atoms with Crippen LogP contribution in [0.4, 0.5) is 0 Å². The zero-order chi connectivity index (χ0) is 21.0. The molecule has 150 valence electrons. The third kappa shape index (κ3) is 16.8. The van der Waals surface area contributed by atoms with Gasteiger partial charge in [0.1, 0.15) is 0 Å². The van der Waals surface area contributed by atoms with E-state index in [1.807, 2.05) is 0 Å². The maximum Gasteiger partial charge on any atom is -0.0193 e. The molecule has 0 bridgehead atoms. The van der Waals surface area contributed by atoms with Crippen LogP contribution in [0.1, 0.15) is 0 Å². The molecule has 0 aliphatic carbocycles. The number of hydrogen-bond donors (Lipinski definition) is 0. The van der Waals surface area contributed by atoms with Gasteiger partial charge < -0.3 is 0 Å². The monoisotopic (exact) mass is 558 g/mol. The topological polar surface area (TPSA) is 0 Å². The van der Waals surface area contributed by atoms with Crippen LogP contribution in [0.25, 0.3) is 0 Å². The molecule has 0 saturated heterocycles. The van der Waals surface area contributed by atoms with E-state index >= 15 is 0 Å². The molecule has 0 aromatic carbocycles. The van der Waals surface area contributed by atoms with Gasteiger partial charge in [0.2, 0.25) is 0 Å². The van der Waals surface area contributed by atoms with E-state index in [9.17, 15) is 0 Å². The summed E-state index contributed by atoms with van der Waals surface area (Å²) in [7, 11) is 0. The summed E-state index contributed by atoms with van der Waals surface area (Å²) >= 11 is 31.7. The fourth-order valence-electron chi connectivity index (χ4n) is 0. The predicted octanol–water partition coefficient (Wildman–Crippen LogP) is 7.14. The van der Waals surface area contributed by atoms with E-state index in [1.54, 1.807) is 0 Å². The third-order valence-corrected chi connectivity index (χ3v) is 56.2. The molecule has 24 heavy (non-hydrogen) atoms. The Morgan fingerprint density at radius 1 is 0.250 bits per heavy atom. The first kappa shape index (κ1) is 32.6. The molecule has 0 N–H and O–H groups in total. The molecular formula is C12H36P6S6. The molecule has 0 radical (unpaired) electrons. The van der Waals surface area contributed by atoms with E-state index in [-0.39, 0.29) is 0 Å². The van der Waals surface area contributed by atoms with Gasteiger partial charge in [-0.2, -0.15) is 0 Å². The lowest BCUT2D eigenvalue weighted by Crippen LogP contribution is -1.73. The summed E-state index contributed by atoms with van der Waals surface area (Å²) in [5.41, 5.74) is -6.54. The molecule has 0 unspecified atom stereocenters. The van der Waals surface area contributed by atoms with Crippen molar-refractivity contribution in [2.24, 2.45) is 0 Å². The third-order valence-electron chi connectivity index (χ3n) is 3.48. The zero-order valence-corrected chi connectivity index (χ0v) is 27.4. The Bertz CT molecular complexity index is 518. The minimum atomic E-state index is -1.09. The normalized spacial score (nSPS) is 14.0. The molecule has 0 amide bonds. The Morgan fingerprint density at radius 2 is 0.292 bits per heavy atom. The SMILES string of the molecule is CP(C)(=S)P(C)(C)=S.CP(C)(=S)P(C)(C)=S.CP(C)(=S)P(C)(C)=S. The molecule has 0 aliphatic rings. The van der Waals surface area contributed by atoms with Gasteiger partial charge in [-0.3, -0.25) is 0 Å². The van der Waals surface area contributed by atoms with E-state index < -0.39 is 34.4 Å². The van der Waals surface area contributed by atoms with Crippen LogP contribution in [0, 0.1) is 0 Å². The first-order valence-electron chi connectivity index (χ1n) is 7.06. The molecule has 0 aliphatic heterocycles. The van der Waals surface area contributed by atoms with Crippen LogP contribution in [0.3, 0.4) is 0 Å². The van der Waals surface area contributed by atoms with Gasteiger partial charge in [-0.15, -0.1) is 0 Å². The highest BCUT2D eigenvalue weighted by atomic mass is 32.8. The molecule has 0 aromatic rings. The molecule has 0 spiro atoms. The van der Waals surface area contributed by atoms with Gasteiger partial charge in [0.15, 0.2) is 0 Å².